The smallest absolute Gasteiger partial charge is 0.407 e. The van der Waals surface area contributed by atoms with Crippen molar-refractivity contribution in [2.24, 2.45) is 17.3 Å². The number of carbonyl (C=O) groups excluding carboxylic acids is 4. The van der Waals surface area contributed by atoms with Crippen LogP contribution < -0.4 is 10.6 Å². The Hall–Kier alpha value is -4.19. The number of hydrogen-bond donors (Lipinski definition) is 4. The maximum atomic E-state index is 13.5. The van der Waals surface area contributed by atoms with E-state index in [0.29, 0.717) is 0 Å². The fraction of sp³-hybridized carbons (Fsp3) is 0.571. The van der Waals surface area contributed by atoms with E-state index >= 15 is 0 Å². The molecule has 0 unspecified atom stereocenters. The van der Waals surface area contributed by atoms with Gasteiger partial charge in [-0.3, -0.25) is 9.59 Å². The Labute approximate surface area is 277 Å². The predicted molar refractivity (Wildman–Crippen MR) is 177 cm³/mol. The number of carboxylic acids is 1. The van der Waals surface area contributed by atoms with Crippen molar-refractivity contribution in [3.63, 3.8) is 0 Å². The van der Waals surface area contributed by atoms with E-state index in [4.69, 9.17) is 14.2 Å². The summed E-state index contributed by atoms with van der Waals surface area (Å²) in [5.74, 6) is -4.02. The Morgan fingerprint density at radius 2 is 1.55 bits per heavy atom. The first-order chi connectivity index (χ1) is 21.7. The largest absolute Gasteiger partial charge is 0.480 e. The van der Waals surface area contributed by atoms with Crippen molar-refractivity contribution >= 4 is 36.0 Å². The minimum Gasteiger partial charge on any atom is -0.480 e. The van der Waals surface area contributed by atoms with Gasteiger partial charge >= 0.3 is 24.0 Å². The van der Waals surface area contributed by atoms with Crippen molar-refractivity contribution < 1.29 is 48.4 Å². The molecule has 0 fully saturated rings. The number of benzene rings is 1. The quantitative estimate of drug-likeness (QED) is 0.104. The Morgan fingerprint density at radius 3 is 2.09 bits per heavy atom. The molecule has 0 bridgehead atoms. The second-order valence-electron chi connectivity index (χ2n) is 13.6. The molecule has 5 atom stereocenters. The molecule has 0 radical (unpaired) electrons. The van der Waals surface area contributed by atoms with Crippen LogP contribution in [0.15, 0.2) is 48.6 Å². The average Bonchev–Trinajstić information content (AvgIpc) is 2.95. The standard InChI is InChI=1S/C35H52N2O10/c1-22(2)20-27(46-32(43)35(8,9)21-36-33(44)47-34(5,6)7)31(42)45-26(23(3)18-19-25-14-11-10-12-15-25)16-13-17-28(39)37-29(24(4)38)30(40)41/h10-15,17-19,22-24,26-27,29,38H,16,20-21H2,1-9H3,(H,36,44)(H,37,39)(H,40,41)/b17-13+,19-18+/t23-,24+,26+,27+,29-/m1/s1. The first-order valence-electron chi connectivity index (χ1n) is 15.7. The van der Waals surface area contributed by atoms with Gasteiger partial charge in [-0.15, -0.1) is 0 Å². The molecule has 0 spiro atoms. The highest BCUT2D eigenvalue weighted by Gasteiger charge is 2.36. The second-order valence-corrected chi connectivity index (χ2v) is 13.6. The molecule has 4 N–H and O–H groups in total. The molecule has 0 aliphatic rings. The van der Waals surface area contributed by atoms with Crippen molar-refractivity contribution in [3.8, 4) is 0 Å². The van der Waals surface area contributed by atoms with E-state index in [1.54, 1.807) is 34.6 Å². The maximum absolute atomic E-state index is 13.5. The fourth-order valence-corrected chi connectivity index (χ4v) is 4.03. The van der Waals surface area contributed by atoms with E-state index in [1.165, 1.54) is 13.0 Å². The topological polar surface area (TPSA) is 178 Å². The number of carboxylic acid groups (broad SMARTS) is 1. The summed E-state index contributed by atoms with van der Waals surface area (Å²) < 4.78 is 16.8. The van der Waals surface area contributed by atoms with Crippen LogP contribution in [0.1, 0.15) is 80.7 Å². The van der Waals surface area contributed by atoms with Crippen LogP contribution in [0, 0.1) is 17.3 Å². The third-order valence-electron chi connectivity index (χ3n) is 6.75. The van der Waals surface area contributed by atoms with Crippen LogP contribution in [0.4, 0.5) is 4.79 Å². The van der Waals surface area contributed by atoms with E-state index in [2.05, 4.69) is 10.6 Å². The lowest BCUT2D eigenvalue weighted by Gasteiger charge is -2.29. The van der Waals surface area contributed by atoms with Crippen LogP contribution >= 0.6 is 0 Å². The van der Waals surface area contributed by atoms with Crippen LogP contribution in [0.5, 0.6) is 0 Å². The molecule has 0 heterocycles. The van der Waals surface area contributed by atoms with Gasteiger partial charge in [-0.1, -0.05) is 69.3 Å². The van der Waals surface area contributed by atoms with Gasteiger partial charge in [0.1, 0.15) is 11.7 Å². The normalized spacial score (nSPS) is 15.4. The summed E-state index contributed by atoms with van der Waals surface area (Å²) in [6.45, 7) is 15.0. The highest BCUT2D eigenvalue weighted by atomic mass is 16.6. The molecule has 1 rings (SSSR count). The van der Waals surface area contributed by atoms with Gasteiger partial charge in [0.25, 0.3) is 0 Å². The molecule has 1 aromatic rings. The van der Waals surface area contributed by atoms with E-state index in [9.17, 15) is 34.2 Å². The van der Waals surface area contributed by atoms with Gasteiger partial charge in [-0.05, 0) is 65.5 Å². The van der Waals surface area contributed by atoms with E-state index in [-0.39, 0.29) is 31.2 Å². The summed E-state index contributed by atoms with van der Waals surface area (Å²) in [5.41, 5.74) is -0.998. The zero-order valence-corrected chi connectivity index (χ0v) is 28.9. The van der Waals surface area contributed by atoms with Gasteiger partial charge in [0.15, 0.2) is 12.1 Å². The molecule has 12 nitrogen and oxygen atoms in total. The number of aliphatic hydroxyl groups is 1. The highest BCUT2D eigenvalue weighted by molar-refractivity contribution is 5.91. The number of alkyl carbamates (subject to hydrolysis) is 1. The number of aliphatic hydroxyl groups excluding tert-OH is 1. The zero-order chi connectivity index (χ0) is 35.9. The van der Waals surface area contributed by atoms with Crippen LogP contribution in [-0.2, 0) is 33.4 Å². The molecule has 0 aromatic heterocycles. The van der Waals surface area contributed by atoms with E-state index in [0.717, 1.165) is 11.6 Å². The summed E-state index contributed by atoms with van der Waals surface area (Å²) in [6.07, 6.45) is 2.46. The Balaban J connectivity index is 3.15. The van der Waals surface area contributed by atoms with Gasteiger partial charge in [0.2, 0.25) is 5.91 Å². The van der Waals surface area contributed by atoms with Gasteiger partial charge in [0.05, 0.1) is 11.5 Å². The van der Waals surface area contributed by atoms with E-state index in [1.807, 2.05) is 63.3 Å². The van der Waals surface area contributed by atoms with Crippen LogP contribution in [0.2, 0.25) is 0 Å². The number of hydrogen-bond acceptors (Lipinski definition) is 9. The SMILES string of the molecule is CC(C)C[C@H](OC(=O)C(C)(C)CNC(=O)OC(C)(C)C)C(=O)O[C@@H](C/C=C/C(=O)N[C@@H](C(=O)O)[C@H](C)O)[C@H](C)/C=C/c1ccccc1. The van der Waals surface area contributed by atoms with Gasteiger partial charge in [-0.25, -0.2) is 14.4 Å². The predicted octanol–water partition coefficient (Wildman–Crippen LogP) is 4.65. The Kier molecular flexibility index (Phi) is 16.4. The number of rotatable bonds is 17. The first kappa shape index (κ1) is 40.8. The molecule has 2 amide bonds. The maximum Gasteiger partial charge on any atom is 0.407 e. The monoisotopic (exact) mass is 660 g/mol. The van der Waals surface area contributed by atoms with Crippen LogP contribution in [-0.4, -0.2) is 76.6 Å². The number of aliphatic carboxylic acids is 1. The molecule has 0 aliphatic carbocycles. The van der Waals surface area contributed by atoms with Crippen LogP contribution in [0.25, 0.3) is 6.08 Å². The minimum absolute atomic E-state index is 0.0445. The lowest BCUT2D eigenvalue weighted by molar-refractivity contribution is -0.178. The molecular weight excluding hydrogens is 608 g/mol. The second kappa shape index (κ2) is 18.8. The van der Waals surface area contributed by atoms with Crippen molar-refractivity contribution in [1.82, 2.24) is 10.6 Å². The highest BCUT2D eigenvalue weighted by Crippen LogP contribution is 2.23. The summed E-state index contributed by atoms with van der Waals surface area (Å²) >= 11 is 0. The summed E-state index contributed by atoms with van der Waals surface area (Å²) in [4.78, 5) is 62.6. The molecule has 0 aliphatic heterocycles. The molecule has 0 saturated carbocycles. The van der Waals surface area contributed by atoms with Crippen molar-refractivity contribution in [2.45, 2.75) is 105 Å². The summed E-state index contributed by atoms with van der Waals surface area (Å²) in [6, 6.07) is 7.98. The Bertz CT molecular complexity index is 1250. The molecule has 47 heavy (non-hydrogen) atoms. The number of nitrogens with one attached hydrogen (secondary N) is 2. The van der Waals surface area contributed by atoms with E-state index < -0.39 is 65.3 Å². The minimum atomic E-state index is -1.50. The molecule has 0 saturated heterocycles. The van der Waals surface area contributed by atoms with Crippen molar-refractivity contribution in [3.05, 3.63) is 54.1 Å². The van der Waals surface area contributed by atoms with Gasteiger partial charge < -0.3 is 35.1 Å². The zero-order valence-electron chi connectivity index (χ0n) is 28.9. The van der Waals surface area contributed by atoms with Crippen LogP contribution in [0.3, 0.4) is 0 Å². The average molecular weight is 661 g/mol. The number of carbonyl (C=O) groups is 5. The summed E-state index contributed by atoms with van der Waals surface area (Å²) in [7, 11) is 0. The lowest BCUT2D eigenvalue weighted by atomic mass is 9.93. The number of ether oxygens (including phenoxy) is 3. The molecule has 12 heteroatoms. The number of amides is 2. The number of esters is 2. The van der Waals surface area contributed by atoms with Gasteiger partial charge in [0, 0.05) is 18.9 Å². The molecular formula is C35H52N2O10. The molecule has 262 valence electrons. The first-order valence-corrected chi connectivity index (χ1v) is 15.7. The third kappa shape index (κ3) is 16.3. The summed E-state index contributed by atoms with van der Waals surface area (Å²) in [5, 5.41) is 23.7. The molecule has 1 aromatic carbocycles. The van der Waals surface area contributed by atoms with Crippen molar-refractivity contribution in [1.29, 1.82) is 0 Å². The Morgan fingerprint density at radius 1 is 0.936 bits per heavy atom. The van der Waals surface area contributed by atoms with Crippen molar-refractivity contribution in [2.75, 3.05) is 6.54 Å². The van der Waals surface area contributed by atoms with Gasteiger partial charge in [-0.2, -0.15) is 0 Å². The fourth-order valence-electron chi connectivity index (χ4n) is 4.03. The third-order valence-corrected chi connectivity index (χ3v) is 6.75. The lowest BCUT2D eigenvalue weighted by Crippen LogP contribution is -2.47.